The maximum absolute atomic E-state index is 6.02. The molecule has 0 spiro atoms. The van der Waals surface area contributed by atoms with Crippen molar-refractivity contribution in [2.24, 2.45) is 0 Å². The molecule has 3 rings (SSSR count). The van der Waals surface area contributed by atoms with E-state index < -0.39 is 0 Å². The summed E-state index contributed by atoms with van der Waals surface area (Å²) in [4.78, 5) is 4.00. The van der Waals surface area contributed by atoms with Gasteiger partial charge in [-0.15, -0.1) is 5.10 Å². The van der Waals surface area contributed by atoms with Gasteiger partial charge in [0, 0.05) is 5.75 Å². The number of pyridine rings is 1. The van der Waals surface area contributed by atoms with E-state index >= 15 is 0 Å². The van der Waals surface area contributed by atoms with Crippen molar-refractivity contribution in [3.05, 3.63) is 28.0 Å². The van der Waals surface area contributed by atoms with E-state index in [2.05, 4.69) is 20.5 Å². The quantitative estimate of drug-likeness (QED) is 0.642. The maximum Gasteiger partial charge on any atom is 0.209 e. The van der Waals surface area contributed by atoms with Gasteiger partial charge in [-0.05, 0) is 34.9 Å². The lowest BCUT2D eigenvalue weighted by molar-refractivity contribution is 0.565. The van der Waals surface area contributed by atoms with Crippen LogP contribution in [0.3, 0.4) is 0 Å². The van der Waals surface area contributed by atoms with Crippen LogP contribution in [0.2, 0.25) is 10.3 Å². The SMILES string of the molecule is Clc1ccc(CSc2nnnn2C2CC2)c(Cl)n1. The first kappa shape index (κ1) is 12.2. The topological polar surface area (TPSA) is 56.5 Å². The van der Waals surface area contributed by atoms with Gasteiger partial charge in [-0.2, -0.15) is 0 Å². The minimum atomic E-state index is 0.400. The van der Waals surface area contributed by atoms with E-state index in [1.54, 1.807) is 17.8 Å². The van der Waals surface area contributed by atoms with Crippen molar-refractivity contribution in [2.45, 2.75) is 29.8 Å². The third-order valence-electron chi connectivity index (χ3n) is 2.60. The molecule has 2 aromatic rings. The van der Waals surface area contributed by atoms with Crippen LogP contribution >= 0.6 is 35.0 Å². The van der Waals surface area contributed by atoms with E-state index in [0.717, 1.165) is 23.6 Å². The van der Waals surface area contributed by atoms with Crippen molar-refractivity contribution < 1.29 is 0 Å². The minimum absolute atomic E-state index is 0.400. The van der Waals surface area contributed by atoms with Gasteiger partial charge in [0.05, 0.1) is 6.04 Å². The molecule has 5 nitrogen and oxygen atoms in total. The molecular weight excluding hydrogens is 293 g/mol. The molecule has 1 fully saturated rings. The van der Waals surface area contributed by atoms with Crippen LogP contribution in [0.5, 0.6) is 0 Å². The van der Waals surface area contributed by atoms with Crippen LogP contribution in [0.4, 0.5) is 0 Å². The van der Waals surface area contributed by atoms with Gasteiger partial charge >= 0.3 is 0 Å². The number of rotatable bonds is 4. The summed E-state index contributed by atoms with van der Waals surface area (Å²) in [7, 11) is 0. The Morgan fingerprint density at radius 3 is 2.89 bits per heavy atom. The van der Waals surface area contributed by atoms with Gasteiger partial charge in [0.25, 0.3) is 0 Å². The van der Waals surface area contributed by atoms with Crippen molar-refractivity contribution in [1.29, 1.82) is 0 Å². The summed E-state index contributed by atoms with van der Waals surface area (Å²) in [6.45, 7) is 0. The second-order valence-electron chi connectivity index (χ2n) is 4.01. The van der Waals surface area contributed by atoms with Gasteiger partial charge in [0.15, 0.2) is 0 Å². The largest absolute Gasteiger partial charge is 0.224 e. The molecular formula is C10H9Cl2N5S. The highest BCUT2D eigenvalue weighted by molar-refractivity contribution is 7.98. The fraction of sp³-hybridized carbons (Fsp3) is 0.400. The molecule has 94 valence electrons. The van der Waals surface area contributed by atoms with Crippen molar-refractivity contribution in [3.8, 4) is 0 Å². The average molecular weight is 302 g/mol. The lowest BCUT2D eigenvalue weighted by atomic mass is 10.3. The van der Waals surface area contributed by atoms with Crippen LogP contribution in [-0.2, 0) is 5.75 Å². The first-order chi connectivity index (χ1) is 8.74. The summed E-state index contributed by atoms with van der Waals surface area (Å²) in [6, 6.07) is 4.07. The van der Waals surface area contributed by atoms with Crippen LogP contribution < -0.4 is 0 Å². The molecule has 0 aromatic carbocycles. The highest BCUT2D eigenvalue weighted by Gasteiger charge is 2.27. The summed E-state index contributed by atoms with van der Waals surface area (Å²) in [5.74, 6) is 0.677. The molecule has 2 heterocycles. The molecule has 18 heavy (non-hydrogen) atoms. The van der Waals surface area contributed by atoms with E-state index in [1.807, 2.05) is 10.7 Å². The Morgan fingerprint density at radius 2 is 2.17 bits per heavy atom. The van der Waals surface area contributed by atoms with Gasteiger partial charge < -0.3 is 0 Å². The Balaban J connectivity index is 1.71. The average Bonchev–Trinajstić information content (AvgIpc) is 3.08. The van der Waals surface area contributed by atoms with E-state index in [9.17, 15) is 0 Å². The van der Waals surface area contributed by atoms with E-state index in [4.69, 9.17) is 23.2 Å². The molecule has 0 radical (unpaired) electrons. The summed E-state index contributed by atoms with van der Waals surface area (Å²) in [5.41, 5.74) is 0.927. The first-order valence-electron chi connectivity index (χ1n) is 5.45. The molecule has 1 aliphatic rings. The van der Waals surface area contributed by atoms with Crippen molar-refractivity contribution in [3.63, 3.8) is 0 Å². The lowest BCUT2D eigenvalue weighted by Crippen LogP contribution is -1.99. The van der Waals surface area contributed by atoms with Crippen LogP contribution in [0.15, 0.2) is 17.3 Å². The number of aromatic nitrogens is 5. The third-order valence-corrected chi connectivity index (χ3v) is 4.12. The Morgan fingerprint density at radius 1 is 1.33 bits per heavy atom. The molecule has 0 saturated heterocycles. The number of hydrogen-bond donors (Lipinski definition) is 0. The molecule has 0 N–H and O–H groups in total. The molecule has 0 unspecified atom stereocenters. The molecule has 0 atom stereocenters. The first-order valence-corrected chi connectivity index (χ1v) is 7.20. The molecule has 1 aliphatic carbocycles. The highest BCUT2D eigenvalue weighted by atomic mass is 35.5. The van der Waals surface area contributed by atoms with E-state index in [1.165, 1.54) is 0 Å². The van der Waals surface area contributed by atoms with Crippen LogP contribution in [0.25, 0.3) is 0 Å². The Labute approximate surface area is 118 Å². The summed E-state index contributed by atoms with van der Waals surface area (Å²) in [5, 5.41) is 13.4. The van der Waals surface area contributed by atoms with Gasteiger partial charge in [0.2, 0.25) is 5.16 Å². The van der Waals surface area contributed by atoms with Gasteiger partial charge in [-0.1, -0.05) is 41.0 Å². The van der Waals surface area contributed by atoms with E-state index in [0.29, 0.717) is 22.1 Å². The summed E-state index contributed by atoms with van der Waals surface area (Å²) >= 11 is 13.3. The number of halogens is 2. The van der Waals surface area contributed by atoms with E-state index in [-0.39, 0.29) is 0 Å². The monoisotopic (exact) mass is 301 g/mol. The maximum atomic E-state index is 6.02. The third kappa shape index (κ3) is 2.60. The van der Waals surface area contributed by atoms with Crippen molar-refractivity contribution in [2.75, 3.05) is 0 Å². The minimum Gasteiger partial charge on any atom is -0.224 e. The number of thioether (sulfide) groups is 1. The van der Waals surface area contributed by atoms with Crippen LogP contribution in [0.1, 0.15) is 24.4 Å². The van der Waals surface area contributed by atoms with Gasteiger partial charge in [-0.25, -0.2) is 9.67 Å². The normalized spacial score (nSPS) is 15.0. The lowest BCUT2D eigenvalue weighted by Gasteiger charge is -2.04. The molecule has 2 aromatic heterocycles. The van der Waals surface area contributed by atoms with Gasteiger partial charge in [0.1, 0.15) is 10.3 Å². The van der Waals surface area contributed by atoms with Crippen molar-refractivity contribution in [1.82, 2.24) is 25.2 Å². The van der Waals surface area contributed by atoms with Crippen molar-refractivity contribution >= 4 is 35.0 Å². The summed E-state index contributed by atoms with van der Waals surface area (Å²) < 4.78 is 1.88. The summed E-state index contributed by atoms with van der Waals surface area (Å²) in [6.07, 6.45) is 2.31. The molecule has 0 aliphatic heterocycles. The predicted octanol–water partition coefficient (Wildman–Crippen LogP) is 3.00. The predicted molar refractivity (Wildman–Crippen MR) is 69.9 cm³/mol. The number of hydrogen-bond acceptors (Lipinski definition) is 5. The fourth-order valence-corrected chi connectivity index (χ4v) is 2.94. The number of tetrazole rings is 1. The van der Waals surface area contributed by atoms with Gasteiger partial charge in [-0.3, -0.25) is 0 Å². The Hall–Kier alpha value is -0.850. The smallest absolute Gasteiger partial charge is 0.209 e. The molecule has 1 saturated carbocycles. The molecule has 0 amide bonds. The standard InChI is InChI=1S/C10H9Cl2N5S/c11-8-4-1-6(9(12)13-8)5-18-10-14-15-16-17(10)7-2-3-7/h1,4,7H,2-3,5H2. The van der Waals surface area contributed by atoms with Crippen LogP contribution in [-0.4, -0.2) is 25.2 Å². The second kappa shape index (κ2) is 5.03. The highest BCUT2D eigenvalue weighted by Crippen LogP contribution is 2.37. The van der Waals surface area contributed by atoms with Crippen LogP contribution in [0, 0.1) is 0 Å². The Kier molecular flexibility index (Phi) is 3.41. The second-order valence-corrected chi connectivity index (χ2v) is 5.70. The Bertz CT molecular complexity index is 569. The zero-order valence-corrected chi connectivity index (χ0v) is 11.6. The molecule has 0 bridgehead atoms. The zero-order chi connectivity index (χ0) is 12.5. The zero-order valence-electron chi connectivity index (χ0n) is 9.25. The molecule has 8 heteroatoms. The number of nitrogens with zero attached hydrogens (tertiary/aromatic N) is 5. The fourth-order valence-electron chi connectivity index (χ4n) is 1.52.